The van der Waals surface area contributed by atoms with Gasteiger partial charge in [-0.05, 0) is 31.1 Å². The second-order valence-electron chi connectivity index (χ2n) is 20.2. The molecule has 25 atom stereocenters. The number of fused-ring (bicyclic) bond motifs is 3. The van der Waals surface area contributed by atoms with Gasteiger partial charge in [-0.15, -0.1) is 0 Å². The second kappa shape index (κ2) is 25.5. The van der Waals surface area contributed by atoms with Gasteiger partial charge in [-0.1, -0.05) is 55.4 Å². The number of aliphatic hydroxyl groups excluding tert-OH is 1. The molecule has 7 aliphatic rings. The van der Waals surface area contributed by atoms with Crippen LogP contribution in [0.5, 0.6) is 0 Å². The number of rotatable bonds is 24. The first-order chi connectivity index (χ1) is 36.3. The van der Waals surface area contributed by atoms with Crippen LogP contribution in [-0.4, -0.2) is 218 Å². The van der Waals surface area contributed by atoms with Gasteiger partial charge in [-0.25, -0.2) is 25.7 Å². The van der Waals surface area contributed by atoms with Gasteiger partial charge < -0.3 is 62.3 Å². The molecule has 12 unspecified atom stereocenters. The third-order valence-electron chi connectivity index (χ3n) is 15.2. The molecule has 0 saturated carbocycles. The van der Waals surface area contributed by atoms with Gasteiger partial charge in [0.2, 0.25) is 5.79 Å². The molecule has 7 aliphatic heterocycles. The number of hydrogen-bond donors (Lipinski definition) is 7. The summed E-state index contributed by atoms with van der Waals surface area (Å²) >= 11 is 0. The number of aliphatic hydroxyl groups is 1. The molecule has 7 rings (SSSR count). The molecule has 2 bridgehead atoms. The lowest BCUT2D eigenvalue weighted by Crippen LogP contribution is -2.73. The molecule has 7 fully saturated rings. The van der Waals surface area contributed by atoms with Crippen molar-refractivity contribution in [3.8, 4) is 0 Å². The fourth-order valence-electron chi connectivity index (χ4n) is 10.8. The number of carbonyl (C=O) groups is 1. The quantitative estimate of drug-likeness (QED) is 0.0453. The zero-order chi connectivity index (χ0) is 59.3. The fraction of sp³-hybridized carbons (Fsp3) is 0.975. The first kappa shape index (κ1) is 66.5. The molecule has 7 saturated heterocycles. The Kier molecular flexibility index (Phi) is 21.5. The van der Waals surface area contributed by atoms with Gasteiger partial charge in [0.05, 0.1) is 37.6 Å². The van der Waals surface area contributed by atoms with Crippen LogP contribution in [0, 0.1) is 41.4 Å². The molecule has 0 aliphatic carbocycles. The molecule has 34 nitrogen and oxygen atoms in total. The van der Waals surface area contributed by atoms with E-state index in [1.807, 2.05) is 0 Å². The summed E-state index contributed by atoms with van der Waals surface area (Å²) in [6, 6.07) is 0. The van der Waals surface area contributed by atoms with Gasteiger partial charge in [-0.3, -0.25) is 22.8 Å². The van der Waals surface area contributed by atoms with Gasteiger partial charge in [0.1, 0.15) is 56.1 Å². The average molecular weight is 1250 g/mol. The highest BCUT2D eigenvalue weighted by molar-refractivity contribution is 7.81. The van der Waals surface area contributed by atoms with Gasteiger partial charge in [0.25, 0.3) is 0 Å². The average Bonchev–Trinajstić information content (AvgIpc) is 3.48. The molecule has 0 radical (unpaired) electrons. The van der Waals surface area contributed by atoms with E-state index in [9.17, 15) is 79.9 Å². The molecule has 0 aromatic rings. The van der Waals surface area contributed by atoms with Crippen molar-refractivity contribution < 1.29 is 153 Å². The van der Waals surface area contributed by atoms with Gasteiger partial charge in [0.15, 0.2) is 37.4 Å². The van der Waals surface area contributed by atoms with Crippen LogP contribution in [0.2, 0.25) is 0 Å². The molecule has 39 heteroatoms. The minimum absolute atomic E-state index is 0.278. The molecule has 0 aromatic carbocycles. The van der Waals surface area contributed by atoms with Crippen molar-refractivity contribution in [2.75, 3.05) is 26.6 Å². The summed E-state index contributed by atoms with van der Waals surface area (Å²) in [5, 5.41) is 20.8. The normalized spacial score (nSPS) is 43.6. The van der Waals surface area contributed by atoms with Crippen molar-refractivity contribution in [3.63, 3.8) is 0 Å². The zero-order valence-corrected chi connectivity index (χ0v) is 47.7. The molecular weight excluding hydrogens is 1180 g/mol. The molecule has 0 spiro atoms. The Labute approximate surface area is 456 Å². The van der Waals surface area contributed by atoms with Crippen molar-refractivity contribution >= 4 is 58.0 Å². The maximum atomic E-state index is 13.0. The number of carboxylic acids is 1. The van der Waals surface area contributed by atoms with Crippen LogP contribution in [0.25, 0.3) is 0 Å². The maximum absolute atomic E-state index is 13.0. The summed E-state index contributed by atoms with van der Waals surface area (Å²) in [7, 11) is -27.1. The SMILES string of the molecule is CC[C@H]1O[C@H](C)C(OS(=O)(=O)O)C(C)[C@@H]1O[C@H]1OC2(OCO)CO[C@@H]1C(C)C2O[C@@H]1OC(COS(=O)(=O)O)C(O[C@H]2O[C@H](C(=O)O)[C@@H](O[C@H]3O[C@H](COS(=O)(=O)O)[C@@H](C)C(C)C3C)C(C)C2C)[C@H](OS(=O)(=O)O)C1OS(=O)(=O)O. The van der Waals surface area contributed by atoms with Crippen LogP contribution < -0.4 is 0 Å². The third kappa shape index (κ3) is 16.4. The van der Waals surface area contributed by atoms with E-state index in [1.54, 1.807) is 34.6 Å². The van der Waals surface area contributed by atoms with Crippen molar-refractivity contribution in [2.24, 2.45) is 41.4 Å². The number of hydrogen-bond acceptors (Lipinski definition) is 28. The third-order valence-corrected chi connectivity index (χ3v) is 17.5. The summed E-state index contributed by atoms with van der Waals surface area (Å²) in [5.41, 5.74) is 0. The highest BCUT2D eigenvalue weighted by Crippen LogP contribution is 2.48. The van der Waals surface area contributed by atoms with E-state index in [1.165, 1.54) is 27.7 Å². The topological polar surface area (TPSA) is 477 Å². The lowest BCUT2D eigenvalue weighted by atomic mass is 9.78. The summed E-state index contributed by atoms with van der Waals surface area (Å²) < 4.78 is 261. The summed E-state index contributed by atoms with van der Waals surface area (Å²) in [6.07, 6.45) is -28.5. The van der Waals surface area contributed by atoms with Crippen molar-refractivity contribution in [1.29, 1.82) is 0 Å². The van der Waals surface area contributed by atoms with Crippen LogP contribution in [-0.2, 0) is 130 Å². The summed E-state index contributed by atoms with van der Waals surface area (Å²) in [6.45, 7) is 10.3. The minimum Gasteiger partial charge on any atom is -0.479 e. The lowest BCUT2D eigenvalue weighted by Gasteiger charge is -2.58. The van der Waals surface area contributed by atoms with Gasteiger partial charge >= 0.3 is 58.0 Å². The van der Waals surface area contributed by atoms with E-state index in [4.69, 9.17) is 64.7 Å². The van der Waals surface area contributed by atoms with Gasteiger partial charge in [0, 0.05) is 23.7 Å². The molecule has 462 valence electrons. The molecular formula is C40H68O34S5. The molecule has 0 aromatic heterocycles. The van der Waals surface area contributed by atoms with Crippen LogP contribution >= 0.6 is 0 Å². The Balaban J connectivity index is 1.33. The highest BCUT2D eigenvalue weighted by Gasteiger charge is 2.65. The van der Waals surface area contributed by atoms with E-state index < -0.39 is 224 Å². The summed E-state index contributed by atoms with van der Waals surface area (Å²) in [4.78, 5) is 13.0. The van der Waals surface area contributed by atoms with E-state index in [0.29, 0.717) is 0 Å². The number of ether oxygens (including phenoxy) is 11. The van der Waals surface area contributed by atoms with Crippen LogP contribution in [0.1, 0.15) is 68.7 Å². The lowest BCUT2D eigenvalue weighted by molar-refractivity contribution is -0.479. The maximum Gasteiger partial charge on any atom is 0.397 e. The standard InChI is InChI=1S/C40H68O34S5/c1-10-23-27(20(7)26(22(9)63-23)72-77(50,51)52)66-39-29-21(8)34(40(71-39,13-59-29)60-14-41)70-38-33(74-79(56,57)58)31(73-78(53,54)55)30(25(65-38)12-62-76(47,48)49)68-37-19(6)17(4)28(32(69-37)35(42)43)67-36-18(5)15(2)16(3)24(64-36)11-61-75(44,45)46/h15-34,36-39,41H,10-14H2,1-9H3,(H,42,43)(H,44,45,46)(H,47,48,49)(H,50,51,52)(H,53,54,55)(H,56,57,58)/t15?,16-,17?,18?,19?,20?,21?,22+,23+,24+,25?,26?,27-,28-,29+,30?,31-,32-,33?,34?,36+,37-,38-,39-,40?/m0/s1. The summed E-state index contributed by atoms with van der Waals surface area (Å²) in [5.74, 6) is -9.36. The predicted octanol–water partition coefficient (Wildman–Crippen LogP) is -0.943. The van der Waals surface area contributed by atoms with Crippen LogP contribution in [0.3, 0.4) is 0 Å². The van der Waals surface area contributed by atoms with E-state index >= 15 is 0 Å². The number of aliphatic carboxylic acids is 1. The minimum atomic E-state index is -5.87. The first-order valence-electron chi connectivity index (χ1n) is 24.5. The Hall–Kier alpha value is -1.66. The Morgan fingerprint density at radius 2 is 1.01 bits per heavy atom. The Morgan fingerprint density at radius 1 is 0.506 bits per heavy atom. The fourth-order valence-corrected chi connectivity index (χ4v) is 13.0. The van der Waals surface area contributed by atoms with E-state index in [0.717, 1.165) is 0 Å². The van der Waals surface area contributed by atoms with Gasteiger partial charge in [-0.2, -0.15) is 42.1 Å². The van der Waals surface area contributed by atoms with Crippen LogP contribution in [0.4, 0.5) is 0 Å². The predicted molar refractivity (Wildman–Crippen MR) is 252 cm³/mol. The monoisotopic (exact) mass is 1250 g/mol. The van der Waals surface area contributed by atoms with E-state index in [2.05, 4.69) is 8.37 Å². The van der Waals surface area contributed by atoms with Crippen molar-refractivity contribution in [1.82, 2.24) is 0 Å². The smallest absolute Gasteiger partial charge is 0.397 e. The Morgan fingerprint density at radius 3 is 1.56 bits per heavy atom. The number of carboxylic acid groups (broad SMARTS) is 1. The first-order valence-corrected chi connectivity index (χ1v) is 31.3. The second-order valence-corrected chi connectivity index (χ2v) is 25.6. The zero-order valence-electron chi connectivity index (χ0n) is 43.6. The molecule has 7 heterocycles. The Bertz CT molecular complexity index is 2660. The van der Waals surface area contributed by atoms with Crippen LogP contribution in [0.15, 0.2) is 0 Å². The largest absolute Gasteiger partial charge is 0.479 e. The molecule has 7 N–H and O–H groups in total. The molecule has 0 amide bonds. The van der Waals surface area contributed by atoms with E-state index in [-0.39, 0.29) is 18.3 Å². The molecule has 79 heavy (non-hydrogen) atoms. The van der Waals surface area contributed by atoms with Crippen molar-refractivity contribution in [2.45, 2.75) is 179 Å². The highest BCUT2D eigenvalue weighted by atomic mass is 32.3. The van der Waals surface area contributed by atoms with Crippen molar-refractivity contribution in [3.05, 3.63) is 0 Å².